The van der Waals surface area contributed by atoms with Gasteiger partial charge in [0.05, 0.1) is 11.6 Å². The molecule has 0 spiro atoms. The van der Waals surface area contributed by atoms with Crippen molar-refractivity contribution in [3.05, 3.63) is 174 Å². The van der Waals surface area contributed by atoms with Gasteiger partial charge in [-0.2, -0.15) is 0 Å². The summed E-state index contributed by atoms with van der Waals surface area (Å²) in [6.45, 7) is 0.679. The maximum Gasteiger partial charge on any atom is 0.247 e. The first-order chi connectivity index (χ1) is 35.5. The molecular weight excluding hydrogens is 963 g/mol. The lowest BCUT2D eigenvalue weighted by atomic mass is 9.99. The molecule has 6 amide bonds. The third-order valence-corrected chi connectivity index (χ3v) is 14.1. The van der Waals surface area contributed by atoms with Gasteiger partial charge in [-0.25, -0.2) is 0 Å². The molecule has 8 rings (SSSR count). The summed E-state index contributed by atoms with van der Waals surface area (Å²) in [6.07, 6.45) is 2.51. The predicted octanol–water partition coefficient (Wildman–Crippen LogP) is 4.60. The van der Waals surface area contributed by atoms with E-state index in [-0.39, 0.29) is 38.6 Å². The molecule has 73 heavy (non-hydrogen) atoms. The number of amides is 6. The van der Waals surface area contributed by atoms with Gasteiger partial charge in [0.15, 0.2) is 0 Å². The highest BCUT2D eigenvalue weighted by atomic mass is 31.0. The number of carbonyl (C=O) groups is 6. The number of ether oxygens (including phenoxy) is 1. The van der Waals surface area contributed by atoms with Gasteiger partial charge in [-0.05, 0) is 81.2 Å². The highest BCUT2D eigenvalue weighted by Gasteiger charge is 2.44. The highest BCUT2D eigenvalue weighted by molar-refractivity contribution is 7.14. The van der Waals surface area contributed by atoms with Crippen molar-refractivity contribution in [2.45, 2.75) is 93.9 Å². The van der Waals surface area contributed by atoms with E-state index >= 15 is 4.79 Å². The van der Waals surface area contributed by atoms with Gasteiger partial charge in [0.2, 0.25) is 35.4 Å². The van der Waals surface area contributed by atoms with Crippen LogP contribution in [0.1, 0.15) is 59.5 Å². The zero-order valence-electron chi connectivity index (χ0n) is 40.4. The fourth-order valence-electron chi connectivity index (χ4n) is 9.43. The number of nitrogens with one attached hydrogen (secondary N) is 5. The number of carbonyl (C=O) groups excluding carboxylic acids is 6. The van der Waals surface area contributed by atoms with Crippen molar-refractivity contribution in [1.29, 1.82) is 0 Å². The second kappa shape index (κ2) is 25.1. The largest absolute Gasteiger partial charge is 0.489 e. The van der Waals surface area contributed by atoms with Crippen LogP contribution in [0.2, 0.25) is 0 Å². The molecule has 18 heteroatoms. The lowest BCUT2D eigenvalue weighted by molar-refractivity contribution is -0.143. The number of hydrogen-bond donors (Lipinski definition) is 6. The molecule has 5 aromatic carbocycles. The second-order valence-corrected chi connectivity index (χ2v) is 19.3. The zero-order valence-corrected chi connectivity index (χ0v) is 42.7. The number of rotatable bonds is 15. The number of hydrogen-bond acceptors (Lipinski definition) is 9. The number of para-hydroxylation sites is 1. The molecule has 0 bridgehead atoms. The molecule has 2 aliphatic heterocycles. The molecule has 6 aromatic rings. The zero-order chi connectivity index (χ0) is 51.3. The molecule has 2 saturated heterocycles. The van der Waals surface area contributed by atoms with E-state index in [9.17, 15) is 24.0 Å². The van der Waals surface area contributed by atoms with Crippen LogP contribution in [0.3, 0.4) is 0 Å². The quantitative estimate of drug-likeness (QED) is 0.0626. The van der Waals surface area contributed by atoms with Crippen LogP contribution in [-0.2, 0) is 59.2 Å². The lowest BCUT2D eigenvalue weighted by Crippen LogP contribution is -2.61. The molecule has 7 N–H and O–H groups in total. The Morgan fingerprint density at radius 1 is 0.575 bits per heavy atom. The van der Waals surface area contributed by atoms with Crippen LogP contribution in [0, 0.1) is 0 Å². The SMILES string of the molecule is NCCCC[C@H]1NC(=O)C(Cc2cn(P)c3ccccc23)NC(=O)[C@@H](c2ccccc2)NC(=O)[C@@H]2CC(OP)CN2C(=O)[C@@H](Cc2ccccc2)NC(=O)[C@@H](Cc2ccc(OCc3ccccc3)cc2)NC1=O. The van der Waals surface area contributed by atoms with Crippen LogP contribution in [0.25, 0.3) is 10.9 Å². The van der Waals surface area contributed by atoms with Crippen LogP contribution < -0.4 is 37.1 Å². The Kier molecular flexibility index (Phi) is 18.0. The molecule has 0 saturated carbocycles. The summed E-state index contributed by atoms with van der Waals surface area (Å²) in [5.74, 6) is -3.28. The van der Waals surface area contributed by atoms with E-state index in [0.717, 1.165) is 27.6 Å². The minimum atomic E-state index is -1.33. The fourth-order valence-corrected chi connectivity index (χ4v) is 10.0. The van der Waals surface area contributed by atoms with E-state index < -0.39 is 77.8 Å². The molecule has 0 aliphatic carbocycles. The van der Waals surface area contributed by atoms with E-state index in [2.05, 4.69) is 45.4 Å². The van der Waals surface area contributed by atoms with Gasteiger partial charge in [-0.1, -0.05) is 121 Å². The summed E-state index contributed by atoms with van der Waals surface area (Å²) in [5.41, 5.74) is 10.3. The minimum Gasteiger partial charge on any atom is -0.489 e. The van der Waals surface area contributed by atoms with E-state index in [1.165, 1.54) is 4.90 Å². The van der Waals surface area contributed by atoms with Gasteiger partial charge in [-0.15, -0.1) is 0 Å². The summed E-state index contributed by atoms with van der Waals surface area (Å²) in [5, 5.41) is 15.5. The summed E-state index contributed by atoms with van der Waals surface area (Å²) >= 11 is 0. The predicted molar refractivity (Wildman–Crippen MR) is 284 cm³/mol. The van der Waals surface area contributed by atoms with Crippen molar-refractivity contribution in [2.24, 2.45) is 5.73 Å². The fraction of sp³-hybridized carbons (Fsp3) is 0.309. The number of fused-ring (bicyclic) bond motifs is 2. The third kappa shape index (κ3) is 13.6. The molecule has 2 fully saturated rings. The smallest absolute Gasteiger partial charge is 0.247 e. The highest BCUT2D eigenvalue weighted by Crippen LogP contribution is 2.28. The van der Waals surface area contributed by atoms with Crippen molar-refractivity contribution in [2.75, 3.05) is 13.1 Å². The Hall–Kier alpha value is -6.96. The average molecular weight is 1030 g/mol. The number of unbranched alkanes of at least 4 members (excludes halogenated alkanes) is 1. The van der Waals surface area contributed by atoms with Crippen LogP contribution in [-0.4, -0.2) is 94.1 Å². The standard InChI is InChI=1S/C55H62N8O8P2/c56-27-13-12-21-43-50(64)58-44(28-36-23-25-40(26-24-36)70-34-37-16-6-2-7-17-37)51(65)60-46(29-35-14-4-1-5-15-35)55(69)62-33-41(71-73)31-48(62)53(67)61-49(38-18-8-3-9-19-38)54(68)59-45(52(66)57-43)30-39-32-63(72)47-22-11-10-20-42(39)47/h1-11,14-20,22-26,32,41,43-46,48-49H,12-13,21,27-31,33-34,56,72-73H2,(H,57,66)(H,58,64)(H,59,68)(H,60,65)(H,61,67)/t41?,43-,44-,45?,46-,48+,49-/m1/s1. The Labute approximate surface area is 429 Å². The Morgan fingerprint density at radius 2 is 1.14 bits per heavy atom. The van der Waals surface area contributed by atoms with E-state index in [1.807, 2.05) is 95.5 Å². The van der Waals surface area contributed by atoms with Crippen molar-refractivity contribution >= 4 is 65.2 Å². The van der Waals surface area contributed by atoms with Crippen LogP contribution in [0.4, 0.5) is 0 Å². The van der Waals surface area contributed by atoms with Crippen molar-refractivity contribution in [3.8, 4) is 5.75 Å². The number of nitrogens with two attached hydrogens (primary N) is 1. The maximum absolute atomic E-state index is 15.1. The first kappa shape index (κ1) is 52.4. The van der Waals surface area contributed by atoms with E-state index in [1.54, 1.807) is 54.6 Å². The summed E-state index contributed by atoms with van der Waals surface area (Å²) in [6, 6.07) is 34.9. The normalized spacial score (nSPS) is 22.3. The van der Waals surface area contributed by atoms with Crippen LogP contribution in [0.5, 0.6) is 5.75 Å². The Balaban J connectivity index is 1.18. The topological polar surface area (TPSA) is 215 Å². The van der Waals surface area contributed by atoms with E-state index in [0.29, 0.717) is 42.9 Å². The third-order valence-electron chi connectivity index (χ3n) is 13.3. The van der Waals surface area contributed by atoms with E-state index in [4.69, 9.17) is 15.0 Å². The Bertz CT molecular complexity index is 2860. The molecule has 0 radical (unpaired) electrons. The van der Waals surface area contributed by atoms with Gasteiger partial charge in [-0.3, -0.25) is 28.8 Å². The molecule has 2 aliphatic rings. The van der Waals surface area contributed by atoms with Gasteiger partial charge < -0.3 is 50.8 Å². The van der Waals surface area contributed by atoms with Gasteiger partial charge in [0.1, 0.15) is 48.6 Å². The lowest BCUT2D eigenvalue weighted by Gasteiger charge is -2.32. The molecular formula is C55H62N8O8P2. The monoisotopic (exact) mass is 1020 g/mol. The summed E-state index contributed by atoms with van der Waals surface area (Å²) in [4.78, 5) is 90.8. The first-order valence-electron chi connectivity index (χ1n) is 24.5. The van der Waals surface area contributed by atoms with Gasteiger partial charge in [0, 0.05) is 53.3 Å². The summed E-state index contributed by atoms with van der Waals surface area (Å²) in [7, 11) is 4.84. The van der Waals surface area contributed by atoms with Crippen LogP contribution in [0.15, 0.2) is 146 Å². The average Bonchev–Trinajstić information content (AvgIpc) is 4.00. The molecule has 3 heterocycles. The van der Waals surface area contributed by atoms with Crippen molar-refractivity contribution in [1.82, 2.24) is 35.8 Å². The molecule has 9 atom stereocenters. The number of aromatic nitrogens is 1. The first-order valence-corrected chi connectivity index (χ1v) is 25.5. The van der Waals surface area contributed by atoms with Gasteiger partial charge in [0.25, 0.3) is 0 Å². The maximum atomic E-state index is 15.1. The van der Waals surface area contributed by atoms with Crippen molar-refractivity contribution < 1.29 is 38.0 Å². The van der Waals surface area contributed by atoms with Crippen molar-refractivity contribution in [3.63, 3.8) is 0 Å². The molecule has 1 aromatic heterocycles. The van der Waals surface area contributed by atoms with Gasteiger partial charge >= 0.3 is 0 Å². The molecule has 380 valence electrons. The molecule has 4 unspecified atom stereocenters. The minimum absolute atomic E-state index is 0.00131. The number of benzene rings is 5. The van der Waals surface area contributed by atoms with Crippen LogP contribution >= 0.6 is 18.9 Å². The second-order valence-electron chi connectivity index (χ2n) is 18.5. The number of nitrogens with zero attached hydrogens (tertiary/aromatic N) is 2. The Morgan fingerprint density at radius 3 is 1.82 bits per heavy atom. The molecule has 16 nitrogen and oxygen atoms in total. The summed E-state index contributed by atoms with van der Waals surface area (Å²) < 4.78 is 13.6.